The number of carbonyl (C=O) groups is 1. The van der Waals surface area contributed by atoms with E-state index in [0.717, 1.165) is 5.56 Å². The average Bonchev–Trinajstić information content (AvgIpc) is 2.81. The van der Waals surface area contributed by atoms with E-state index in [4.69, 9.17) is 11.6 Å². The smallest absolute Gasteiger partial charge is 0.247 e. The van der Waals surface area contributed by atoms with Crippen LogP contribution in [0.4, 0.5) is 28.8 Å². The molecular weight excluding hydrogens is 481 g/mol. The van der Waals surface area contributed by atoms with Crippen molar-refractivity contribution in [2.45, 2.75) is 20.3 Å². The van der Waals surface area contributed by atoms with E-state index in [2.05, 4.69) is 44.3 Å². The van der Waals surface area contributed by atoms with Gasteiger partial charge in [-0.2, -0.15) is 4.98 Å². The molecule has 9 heteroatoms. The summed E-state index contributed by atoms with van der Waals surface area (Å²) in [4.78, 5) is 20.8. The van der Waals surface area contributed by atoms with Gasteiger partial charge in [0.05, 0.1) is 17.6 Å². The van der Waals surface area contributed by atoms with Crippen LogP contribution in [0, 0.1) is 18.8 Å². The number of para-hydroxylation sites is 1. The maximum atomic E-state index is 12.7. The zero-order valence-corrected chi connectivity index (χ0v) is 21.7. The Morgan fingerprint density at radius 3 is 2.60 bits per heavy atom. The lowest BCUT2D eigenvalue weighted by Gasteiger charge is -2.16. The maximum Gasteiger partial charge on any atom is 0.247 e. The van der Waals surface area contributed by atoms with Crippen molar-refractivity contribution in [2.75, 3.05) is 29.3 Å². The number of benzene rings is 2. The summed E-state index contributed by atoms with van der Waals surface area (Å²) in [6.45, 7) is 10.8. The van der Waals surface area contributed by atoms with Crippen LogP contribution in [0.15, 0.2) is 55.3 Å². The highest BCUT2D eigenvalue weighted by molar-refractivity contribution is 7.70. The predicted molar refractivity (Wildman–Crippen MR) is 146 cm³/mol. The first kappa shape index (κ1) is 26.0. The van der Waals surface area contributed by atoms with Crippen molar-refractivity contribution in [1.29, 1.82) is 0 Å². The molecule has 0 radical (unpaired) electrons. The van der Waals surface area contributed by atoms with Gasteiger partial charge in [-0.3, -0.25) is 4.79 Å². The first-order valence-corrected chi connectivity index (χ1v) is 13.9. The van der Waals surface area contributed by atoms with Crippen molar-refractivity contribution < 1.29 is 9.36 Å². The minimum absolute atomic E-state index is 0.294. The molecule has 0 bridgehead atoms. The monoisotopic (exact) mass is 507 g/mol. The van der Waals surface area contributed by atoms with E-state index in [-0.39, 0.29) is 5.91 Å². The van der Waals surface area contributed by atoms with Gasteiger partial charge in [-0.1, -0.05) is 49.1 Å². The molecule has 3 N–H and O–H groups in total. The third kappa shape index (κ3) is 6.73. The molecule has 0 aliphatic heterocycles. The number of carbonyl (C=O) groups excluding carboxylic acids is 1. The summed E-state index contributed by atoms with van der Waals surface area (Å²) < 4.78 is 12.7. The number of amides is 1. The van der Waals surface area contributed by atoms with Gasteiger partial charge in [0.15, 0.2) is 5.82 Å². The molecule has 2 aromatic carbocycles. The largest absolute Gasteiger partial charge is 0.338 e. The first-order valence-electron chi connectivity index (χ1n) is 10.9. The lowest BCUT2D eigenvalue weighted by atomic mass is 10.1. The van der Waals surface area contributed by atoms with Crippen molar-refractivity contribution in [2.24, 2.45) is 0 Å². The number of hydrogen-bond acceptors (Lipinski definition) is 6. The van der Waals surface area contributed by atoms with E-state index in [1.165, 1.54) is 12.3 Å². The molecule has 7 nitrogen and oxygen atoms in total. The van der Waals surface area contributed by atoms with Crippen LogP contribution in [0.5, 0.6) is 0 Å². The molecule has 0 aliphatic rings. The molecular formula is C26H27ClN5O2P. The van der Waals surface area contributed by atoms with Crippen molar-refractivity contribution in [3.63, 3.8) is 0 Å². The zero-order chi connectivity index (χ0) is 25.6. The second-order valence-corrected chi connectivity index (χ2v) is 11.7. The zero-order valence-electron chi connectivity index (χ0n) is 20.1. The highest BCUT2D eigenvalue weighted by Gasteiger charge is 2.17. The molecule has 0 spiro atoms. The van der Waals surface area contributed by atoms with Gasteiger partial charge in [0, 0.05) is 23.0 Å². The SMILES string of the molecule is C=CC(=O)Nc1cc(Nc2ncc(Cl)c(Nc3ccccc3P(C)(C)=O)n2)c(C)cc1C#CCC. The van der Waals surface area contributed by atoms with E-state index >= 15 is 0 Å². The first-order chi connectivity index (χ1) is 16.6. The van der Waals surface area contributed by atoms with Gasteiger partial charge in [-0.05, 0) is 56.2 Å². The van der Waals surface area contributed by atoms with Gasteiger partial charge < -0.3 is 20.5 Å². The fourth-order valence-corrected chi connectivity index (χ4v) is 4.52. The molecule has 1 aromatic heterocycles. The summed E-state index contributed by atoms with van der Waals surface area (Å²) in [7, 11) is -2.53. The predicted octanol–water partition coefficient (Wildman–Crippen LogP) is 6.06. The molecule has 0 fully saturated rings. The van der Waals surface area contributed by atoms with Crippen molar-refractivity contribution in [3.05, 3.63) is 71.4 Å². The van der Waals surface area contributed by atoms with Crippen LogP contribution in [-0.2, 0) is 9.36 Å². The Hall–Kier alpha value is -3.59. The number of aryl methyl sites for hydroxylation is 1. The molecule has 3 rings (SSSR count). The molecule has 1 amide bonds. The Bertz CT molecular complexity index is 1390. The molecule has 35 heavy (non-hydrogen) atoms. The van der Waals surface area contributed by atoms with Crippen molar-refractivity contribution in [1.82, 2.24) is 9.97 Å². The van der Waals surface area contributed by atoms with Crippen LogP contribution in [0.3, 0.4) is 0 Å². The number of hydrogen-bond donors (Lipinski definition) is 3. The molecule has 0 saturated carbocycles. The Balaban J connectivity index is 1.96. The van der Waals surface area contributed by atoms with E-state index < -0.39 is 7.14 Å². The van der Waals surface area contributed by atoms with E-state index in [1.807, 2.05) is 44.2 Å². The third-order valence-corrected chi connectivity index (χ3v) is 6.76. The maximum absolute atomic E-state index is 12.7. The van der Waals surface area contributed by atoms with Gasteiger partial charge >= 0.3 is 0 Å². The van der Waals surface area contributed by atoms with E-state index in [0.29, 0.717) is 51.1 Å². The molecule has 0 atom stereocenters. The Labute approximate surface area is 210 Å². The van der Waals surface area contributed by atoms with Crippen LogP contribution in [0.2, 0.25) is 5.02 Å². The summed E-state index contributed by atoms with van der Waals surface area (Å²) in [5.74, 6) is 6.43. The highest BCUT2D eigenvalue weighted by Crippen LogP contribution is 2.38. The fourth-order valence-electron chi connectivity index (χ4n) is 3.23. The number of nitrogens with zero attached hydrogens (tertiary/aromatic N) is 2. The third-order valence-electron chi connectivity index (χ3n) is 4.94. The number of halogens is 1. The van der Waals surface area contributed by atoms with E-state index in [9.17, 15) is 9.36 Å². The lowest BCUT2D eigenvalue weighted by Crippen LogP contribution is -2.11. The summed E-state index contributed by atoms with van der Waals surface area (Å²) in [5, 5.41) is 10.2. The summed E-state index contributed by atoms with van der Waals surface area (Å²) >= 11 is 6.36. The summed E-state index contributed by atoms with van der Waals surface area (Å²) in [5.41, 5.74) is 3.48. The Morgan fingerprint density at radius 2 is 1.91 bits per heavy atom. The minimum Gasteiger partial charge on any atom is -0.338 e. The molecule has 3 aromatic rings. The molecule has 0 saturated heterocycles. The van der Waals surface area contributed by atoms with Gasteiger partial charge in [0.1, 0.15) is 12.2 Å². The van der Waals surface area contributed by atoms with Crippen LogP contribution in [0.25, 0.3) is 0 Å². The van der Waals surface area contributed by atoms with Crippen LogP contribution in [0.1, 0.15) is 24.5 Å². The standard InChI is InChI=1S/C26H27ClN5O2P/c1-6-8-11-18-14-17(3)21(15-22(18)29-24(33)7-2)31-26-28-16-19(27)25(32-26)30-20-12-9-10-13-23(20)35(4,5)34/h7,9-10,12-16H,2,6H2,1,3-5H3,(H,29,33)(H2,28,30,31,32). The summed E-state index contributed by atoms with van der Waals surface area (Å²) in [6.07, 6.45) is 3.38. The van der Waals surface area contributed by atoms with E-state index in [1.54, 1.807) is 19.4 Å². The normalized spacial score (nSPS) is 10.7. The number of anilines is 5. The molecule has 0 unspecified atom stereocenters. The number of aromatic nitrogens is 2. The van der Waals surface area contributed by atoms with Crippen LogP contribution >= 0.6 is 18.7 Å². The van der Waals surface area contributed by atoms with Gasteiger partial charge in [0.2, 0.25) is 11.9 Å². The molecule has 1 heterocycles. The second kappa shape index (κ2) is 11.2. The van der Waals surface area contributed by atoms with Gasteiger partial charge in [0.25, 0.3) is 0 Å². The molecule has 180 valence electrons. The van der Waals surface area contributed by atoms with Crippen LogP contribution < -0.4 is 21.3 Å². The average molecular weight is 508 g/mol. The van der Waals surface area contributed by atoms with Gasteiger partial charge in [-0.15, -0.1) is 0 Å². The number of rotatable bonds is 7. The quantitative estimate of drug-likeness (QED) is 0.204. The van der Waals surface area contributed by atoms with Crippen LogP contribution in [-0.4, -0.2) is 29.2 Å². The second-order valence-electron chi connectivity index (χ2n) is 8.07. The summed E-state index contributed by atoms with van der Waals surface area (Å²) in [6, 6.07) is 11.0. The number of nitrogens with one attached hydrogen (secondary N) is 3. The minimum atomic E-state index is -2.53. The van der Waals surface area contributed by atoms with Gasteiger partial charge in [-0.25, -0.2) is 4.98 Å². The highest BCUT2D eigenvalue weighted by atomic mass is 35.5. The Morgan fingerprint density at radius 1 is 1.17 bits per heavy atom. The van der Waals surface area contributed by atoms with Crippen molar-refractivity contribution >= 4 is 58.8 Å². The Kier molecular flexibility index (Phi) is 8.34. The lowest BCUT2D eigenvalue weighted by molar-refractivity contribution is -0.111. The topological polar surface area (TPSA) is 96.0 Å². The van der Waals surface area contributed by atoms with Crippen molar-refractivity contribution in [3.8, 4) is 11.8 Å². The molecule has 0 aliphatic carbocycles. The fraction of sp³-hybridized carbons (Fsp3) is 0.192.